The van der Waals surface area contributed by atoms with Crippen molar-refractivity contribution in [1.29, 1.82) is 0 Å². The summed E-state index contributed by atoms with van der Waals surface area (Å²) >= 11 is 1.51. The lowest BCUT2D eigenvalue weighted by molar-refractivity contribution is 0.282. The number of benzene rings is 1. The van der Waals surface area contributed by atoms with Gasteiger partial charge in [-0.05, 0) is 17.7 Å². The Morgan fingerprint density at radius 2 is 2.00 bits per heavy atom. The Bertz CT molecular complexity index is 948. The molecule has 1 aromatic carbocycles. The summed E-state index contributed by atoms with van der Waals surface area (Å²) < 4.78 is 1.78. The second-order valence-corrected chi connectivity index (χ2v) is 6.53. The minimum atomic E-state index is -0.00486. The van der Waals surface area contributed by atoms with Gasteiger partial charge in [0.15, 0.2) is 0 Å². The van der Waals surface area contributed by atoms with Gasteiger partial charge in [0.1, 0.15) is 0 Å². The van der Waals surface area contributed by atoms with E-state index in [1.165, 1.54) is 11.3 Å². The van der Waals surface area contributed by atoms with Crippen LogP contribution in [-0.4, -0.2) is 31.2 Å². The summed E-state index contributed by atoms with van der Waals surface area (Å²) in [7, 11) is 0. The number of hydrogen-bond donors (Lipinski definition) is 2. The molecule has 0 atom stereocenters. The zero-order valence-corrected chi connectivity index (χ0v) is 14.3. The van der Waals surface area contributed by atoms with Crippen LogP contribution in [0.4, 0.5) is 5.13 Å². The van der Waals surface area contributed by atoms with Crippen molar-refractivity contribution in [2.75, 3.05) is 11.9 Å². The van der Waals surface area contributed by atoms with Gasteiger partial charge in [-0.15, -0.1) is 5.10 Å². The molecule has 7 heteroatoms. The molecule has 0 aliphatic carbocycles. The topological polar surface area (TPSA) is 75.3 Å². The molecule has 4 rings (SSSR count). The van der Waals surface area contributed by atoms with Crippen LogP contribution < -0.4 is 5.32 Å². The fourth-order valence-electron chi connectivity index (χ4n) is 2.65. The highest BCUT2D eigenvalue weighted by Crippen LogP contribution is 2.26. The van der Waals surface area contributed by atoms with Gasteiger partial charge in [-0.1, -0.05) is 41.7 Å². The monoisotopic (exact) mass is 351 g/mol. The number of nitrogens with zero attached hydrogens (tertiary/aromatic N) is 4. The first-order valence-corrected chi connectivity index (χ1v) is 8.84. The second-order valence-electron chi connectivity index (χ2n) is 5.57. The molecular weight excluding hydrogens is 334 g/mol. The first-order valence-electron chi connectivity index (χ1n) is 8.02. The second kappa shape index (κ2) is 7.00. The zero-order valence-electron chi connectivity index (χ0n) is 13.5. The lowest BCUT2D eigenvalue weighted by atomic mass is 10.1. The van der Waals surface area contributed by atoms with Crippen LogP contribution in [0.3, 0.4) is 0 Å². The van der Waals surface area contributed by atoms with E-state index in [2.05, 4.69) is 20.4 Å². The summed E-state index contributed by atoms with van der Waals surface area (Å²) in [5.74, 6) is 0. The number of nitrogens with one attached hydrogen (secondary N) is 1. The lowest BCUT2D eigenvalue weighted by Gasteiger charge is -2.03. The van der Waals surface area contributed by atoms with Crippen molar-refractivity contribution >= 4 is 21.4 Å². The Morgan fingerprint density at radius 1 is 1.12 bits per heavy atom. The van der Waals surface area contributed by atoms with E-state index in [9.17, 15) is 5.11 Å². The third-order valence-corrected chi connectivity index (χ3v) is 4.77. The van der Waals surface area contributed by atoms with Crippen LogP contribution in [0.5, 0.6) is 0 Å². The van der Waals surface area contributed by atoms with Gasteiger partial charge in [-0.25, -0.2) is 9.50 Å². The molecule has 4 aromatic rings. The number of hydrogen-bond acceptors (Lipinski definition) is 6. The van der Waals surface area contributed by atoms with Gasteiger partial charge in [0.25, 0.3) is 0 Å². The first-order chi connectivity index (χ1) is 12.3. The van der Waals surface area contributed by atoms with Gasteiger partial charge in [-0.2, -0.15) is 0 Å². The molecule has 0 radical (unpaired) electrons. The number of anilines is 1. The van der Waals surface area contributed by atoms with E-state index in [-0.39, 0.29) is 6.61 Å². The predicted molar refractivity (Wildman–Crippen MR) is 98.7 cm³/mol. The van der Waals surface area contributed by atoms with Crippen LogP contribution in [0.1, 0.15) is 11.3 Å². The third kappa shape index (κ3) is 3.38. The molecule has 25 heavy (non-hydrogen) atoms. The average molecular weight is 351 g/mol. The van der Waals surface area contributed by atoms with Crippen LogP contribution >= 0.6 is 11.3 Å². The number of aliphatic hydroxyl groups is 1. The van der Waals surface area contributed by atoms with Crippen molar-refractivity contribution in [3.05, 3.63) is 66.1 Å². The van der Waals surface area contributed by atoms with Gasteiger partial charge >= 0.3 is 0 Å². The smallest absolute Gasteiger partial charge is 0.214 e. The molecule has 0 saturated heterocycles. The minimum absolute atomic E-state index is 0.00486. The molecule has 126 valence electrons. The van der Waals surface area contributed by atoms with E-state index in [1.807, 2.05) is 48.7 Å². The Hall–Kier alpha value is -2.77. The minimum Gasteiger partial charge on any atom is -0.392 e. The largest absolute Gasteiger partial charge is 0.392 e. The fraction of sp³-hybridized carbons (Fsp3) is 0.167. The van der Waals surface area contributed by atoms with E-state index in [0.717, 1.165) is 45.6 Å². The first kappa shape index (κ1) is 15.7. The number of fused-ring (bicyclic) bond motifs is 1. The van der Waals surface area contributed by atoms with Gasteiger partial charge in [-0.3, -0.25) is 4.98 Å². The molecule has 6 nitrogen and oxygen atoms in total. The van der Waals surface area contributed by atoms with E-state index < -0.39 is 0 Å². The normalized spacial score (nSPS) is 11.1. The number of imidazole rings is 1. The van der Waals surface area contributed by atoms with Gasteiger partial charge in [0.2, 0.25) is 10.1 Å². The van der Waals surface area contributed by atoms with Crippen LogP contribution in [0.25, 0.3) is 16.2 Å². The SMILES string of the molecule is OCc1ccccc1-c1cn2nc(NCCc3ccccn3)sc2n1. The Morgan fingerprint density at radius 3 is 2.80 bits per heavy atom. The van der Waals surface area contributed by atoms with Crippen molar-refractivity contribution in [2.24, 2.45) is 0 Å². The summed E-state index contributed by atoms with van der Waals surface area (Å²) in [5, 5.41) is 18.2. The van der Waals surface area contributed by atoms with E-state index in [1.54, 1.807) is 10.7 Å². The Kier molecular flexibility index (Phi) is 4.41. The van der Waals surface area contributed by atoms with Crippen molar-refractivity contribution in [2.45, 2.75) is 13.0 Å². The van der Waals surface area contributed by atoms with Gasteiger partial charge in [0, 0.05) is 30.4 Å². The van der Waals surface area contributed by atoms with E-state index in [4.69, 9.17) is 0 Å². The molecule has 0 bridgehead atoms. The molecule has 0 saturated carbocycles. The average Bonchev–Trinajstić information content (AvgIpc) is 3.21. The summed E-state index contributed by atoms with van der Waals surface area (Å²) in [6, 6.07) is 13.6. The van der Waals surface area contributed by atoms with Gasteiger partial charge < -0.3 is 10.4 Å². The molecular formula is C18H17N5OS. The van der Waals surface area contributed by atoms with E-state index >= 15 is 0 Å². The number of rotatable bonds is 6. The molecule has 0 fully saturated rings. The maximum atomic E-state index is 9.48. The molecule has 3 heterocycles. The number of aliphatic hydroxyl groups excluding tert-OH is 1. The zero-order chi connectivity index (χ0) is 17.1. The van der Waals surface area contributed by atoms with Crippen molar-refractivity contribution in [3.63, 3.8) is 0 Å². The predicted octanol–water partition coefficient (Wildman–Crippen LogP) is 3.00. The highest BCUT2D eigenvalue weighted by molar-refractivity contribution is 7.20. The van der Waals surface area contributed by atoms with Crippen LogP contribution in [0.15, 0.2) is 54.9 Å². The molecule has 0 aliphatic rings. The quantitative estimate of drug-likeness (QED) is 0.558. The van der Waals surface area contributed by atoms with Crippen LogP contribution in [0, 0.1) is 0 Å². The Balaban J connectivity index is 1.48. The summed E-state index contributed by atoms with van der Waals surface area (Å²) in [4.78, 5) is 9.77. The summed E-state index contributed by atoms with van der Waals surface area (Å²) in [6.45, 7) is 0.767. The molecule has 0 spiro atoms. The summed E-state index contributed by atoms with van der Waals surface area (Å²) in [5.41, 5.74) is 3.68. The number of aromatic nitrogens is 4. The highest BCUT2D eigenvalue weighted by atomic mass is 32.1. The van der Waals surface area contributed by atoms with Crippen molar-refractivity contribution in [3.8, 4) is 11.3 Å². The summed E-state index contributed by atoms with van der Waals surface area (Å²) in [6.07, 6.45) is 4.54. The standard InChI is InChI=1S/C18H17N5OS/c24-12-13-5-1-2-7-15(13)16-11-23-18(21-16)25-17(22-23)20-10-8-14-6-3-4-9-19-14/h1-7,9,11,24H,8,10,12H2,(H,20,22). The molecule has 0 amide bonds. The lowest BCUT2D eigenvalue weighted by Crippen LogP contribution is -2.05. The van der Waals surface area contributed by atoms with Crippen molar-refractivity contribution < 1.29 is 5.11 Å². The fourth-order valence-corrected chi connectivity index (χ4v) is 3.46. The highest BCUT2D eigenvalue weighted by Gasteiger charge is 2.11. The van der Waals surface area contributed by atoms with Gasteiger partial charge in [0.05, 0.1) is 18.5 Å². The van der Waals surface area contributed by atoms with E-state index in [0.29, 0.717) is 0 Å². The molecule has 2 N–H and O–H groups in total. The number of pyridine rings is 1. The maximum Gasteiger partial charge on any atom is 0.214 e. The molecule has 3 aromatic heterocycles. The van der Waals surface area contributed by atoms with Crippen LogP contribution in [0.2, 0.25) is 0 Å². The molecule has 0 aliphatic heterocycles. The van der Waals surface area contributed by atoms with Crippen molar-refractivity contribution in [1.82, 2.24) is 19.6 Å². The Labute approximate surface area is 148 Å². The van der Waals surface area contributed by atoms with Crippen LogP contribution in [-0.2, 0) is 13.0 Å². The molecule has 0 unspecified atom stereocenters. The third-order valence-electron chi connectivity index (χ3n) is 3.89. The maximum absolute atomic E-state index is 9.48.